The lowest BCUT2D eigenvalue weighted by atomic mass is 10.0. The van der Waals surface area contributed by atoms with Crippen LogP contribution in [0.3, 0.4) is 0 Å². The van der Waals surface area contributed by atoms with Crippen LogP contribution in [-0.4, -0.2) is 41.3 Å². The molecule has 1 aromatic carbocycles. The molecule has 1 aromatic rings. The van der Waals surface area contributed by atoms with Crippen molar-refractivity contribution in [1.29, 1.82) is 0 Å². The van der Waals surface area contributed by atoms with Gasteiger partial charge in [-0.3, -0.25) is 9.69 Å². The highest BCUT2D eigenvalue weighted by Gasteiger charge is 2.38. The average Bonchev–Trinajstić information content (AvgIpc) is 2.86. The predicted octanol–water partition coefficient (Wildman–Crippen LogP) is 4.26. The summed E-state index contributed by atoms with van der Waals surface area (Å²) >= 11 is 0. The highest BCUT2D eigenvalue weighted by atomic mass is 19.4. The Hall–Kier alpha value is -2.51. The molecule has 1 amide bonds. The van der Waals surface area contributed by atoms with E-state index in [1.54, 1.807) is 20.8 Å². The van der Waals surface area contributed by atoms with E-state index in [1.807, 2.05) is 0 Å². The minimum absolute atomic E-state index is 0.133. The number of likely N-dealkylation sites (tertiary alicyclic amines) is 1. The SMILES string of the molecule is C=C1C[C@@H](C(=O)Cc2cccc(OC(F)(F)F)c2)N(C(=O)OC(C)(C)C)C1. The van der Waals surface area contributed by atoms with Crippen molar-refractivity contribution >= 4 is 11.9 Å². The molecule has 1 heterocycles. The number of amides is 1. The van der Waals surface area contributed by atoms with Gasteiger partial charge in [-0.05, 0) is 44.9 Å². The maximum atomic E-state index is 12.7. The van der Waals surface area contributed by atoms with Crippen LogP contribution in [0.1, 0.15) is 32.8 Å². The van der Waals surface area contributed by atoms with Crippen molar-refractivity contribution < 1.29 is 32.2 Å². The van der Waals surface area contributed by atoms with Crippen LogP contribution in [0.25, 0.3) is 0 Å². The predicted molar refractivity (Wildman–Crippen MR) is 92.3 cm³/mol. The first-order valence-electron chi connectivity index (χ1n) is 8.38. The quantitative estimate of drug-likeness (QED) is 0.727. The molecule has 8 heteroatoms. The molecule has 0 aromatic heterocycles. The van der Waals surface area contributed by atoms with Gasteiger partial charge < -0.3 is 9.47 Å². The van der Waals surface area contributed by atoms with Gasteiger partial charge in [-0.2, -0.15) is 0 Å². The fourth-order valence-electron chi connectivity index (χ4n) is 2.77. The number of rotatable bonds is 4. The number of carbonyl (C=O) groups excluding carboxylic acids is 2. The van der Waals surface area contributed by atoms with E-state index in [0.29, 0.717) is 17.6 Å². The minimum Gasteiger partial charge on any atom is -0.444 e. The molecule has 1 saturated heterocycles. The number of alkyl halides is 3. The smallest absolute Gasteiger partial charge is 0.444 e. The van der Waals surface area contributed by atoms with E-state index < -0.39 is 29.8 Å². The number of hydrogen-bond donors (Lipinski definition) is 0. The summed E-state index contributed by atoms with van der Waals surface area (Å²) in [7, 11) is 0. The molecular weight excluding hydrogens is 363 g/mol. The highest BCUT2D eigenvalue weighted by molar-refractivity contribution is 5.90. The number of benzene rings is 1. The summed E-state index contributed by atoms with van der Waals surface area (Å²) in [6.45, 7) is 9.20. The van der Waals surface area contributed by atoms with Gasteiger partial charge >= 0.3 is 12.5 Å². The van der Waals surface area contributed by atoms with E-state index in [4.69, 9.17) is 4.74 Å². The Morgan fingerprint density at radius 3 is 2.52 bits per heavy atom. The van der Waals surface area contributed by atoms with E-state index in [0.717, 1.165) is 12.1 Å². The van der Waals surface area contributed by atoms with Crippen molar-refractivity contribution in [1.82, 2.24) is 4.90 Å². The molecule has 0 aliphatic carbocycles. The monoisotopic (exact) mass is 385 g/mol. The number of nitrogens with zero attached hydrogens (tertiary/aromatic N) is 1. The molecular formula is C19H22F3NO4. The third kappa shape index (κ3) is 6.30. The Bertz CT molecular complexity index is 737. The number of carbonyl (C=O) groups is 2. The second kappa shape index (κ2) is 7.62. The zero-order valence-corrected chi connectivity index (χ0v) is 15.4. The van der Waals surface area contributed by atoms with Crippen molar-refractivity contribution in [3.63, 3.8) is 0 Å². The molecule has 0 radical (unpaired) electrons. The Kier molecular flexibility index (Phi) is 5.87. The van der Waals surface area contributed by atoms with Crippen LogP contribution in [-0.2, 0) is 16.0 Å². The van der Waals surface area contributed by atoms with Gasteiger partial charge in [0.2, 0.25) is 0 Å². The molecule has 1 aliphatic rings. The van der Waals surface area contributed by atoms with Gasteiger partial charge in [-0.25, -0.2) is 4.79 Å². The molecule has 27 heavy (non-hydrogen) atoms. The van der Waals surface area contributed by atoms with Crippen molar-refractivity contribution in [3.05, 3.63) is 42.0 Å². The highest BCUT2D eigenvalue weighted by Crippen LogP contribution is 2.27. The van der Waals surface area contributed by atoms with Crippen molar-refractivity contribution in [2.24, 2.45) is 0 Å². The molecule has 1 aliphatic heterocycles. The summed E-state index contributed by atoms with van der Waals surface area (Å²) < 4.78 is 46.2. The van der Waals surface area contributed by atoms with Gasteiger partial charge in [0.1, 0.15) is 11.4 Å². The number of halogens is 3. The number of ketones is 1. The van der Waals surface area contributed by atoms with E-state index in [1.165, 1.54) is 17.0 Å². The molecule has 2 rings (SSSR count). The van der Waals surface area contributed by atoms with E-state index in [9.17, 15) is 22.8 Å². The molecule has 148 valence electrons. The van der Waals surface area contributed by atoms with E-state index >= 15 is 0 Å². The van der Waals surface area contributed by atoms with Gasteiger partial charge in [-0.15, -0.1) is 13.2 Å². The second-order valence-electron chi connectivity index (χ2n) is 7.42. The maximum Gasteiger partial charge on any atom is 0.573 e. The maximum absolute atomic E-state index is 12.7. The Morgan fingerprint density at radius 2 is 1.93 bits per heavy atom. The summed E-state index contributed by atoms with van der Waals surface area (Å²) in [5, 5.41) is 0. The molecule has 0 N–H and O–H groups in total. The molecule has 5 nitrogen and oxygen atoms in total. The normalized spacial score (nSPS) is 17.8. The molecule has 0 bridgehead atoms. The third-order valence-electron chi connectivity index (χ3n) is 3.76. The van der Waals surface area contributed by atoms with Gasteiger partial charge in [0.15, 0.2) is 5.78 Å². The van der Waals surface area contributed by atoms with Crippen LogP contribution < -0.4 is 4.74 Å². The number of Topliss-reactive ketones (excluding diaryl/α,β-unsaturated/α-hetero) is 1. The van der Waals surface area contributed by atoms with E-state index in [-0.39, 0.29) is 18.7 Å². The number of hydrogen-bond acceptors (Lipinski definition) is 4. The van der Waals surface area contributed by atoms with Gasteiger partial charge in [0.05, 0.1) is 6.04 Å². The first-order valence-corrected chi connectivity index (χ1v) is 8.38. The summed E-state index contributed by atoms with van der Waals surface area (Å²) in [5.41, 5.74) is 0.370. The Morgan fingerprint density at radius 1 is 1.26 bits per heavy atom. The van der Waals surface area contributed by atoms with Crippen LogP contribution >= 0.6 is 0 Å². The fourth-order valence-corrected chi connectivity index (χ4v) is 2.77. The van der Waals surface area contributed by atoms with Gasteiger partial charge in [0, 0.05) is 13.0 Å². The van der Waals surface area contributed by atoms with Crippen LogP contribution in [0, 0.1) is 0 Å². The summed E-state index contributed by atoms with van der Waals surface area (Å²) in [4.78, 5) is 26.3. The second-order valence-corrected chi connectivity index (χ2v) is 7.42. The Labute approximate surface area is 155 Å². The van der Waals surface area contributed by atoms with Gasteiger partial charge in [0.25, 0.3) is 0 Å². The lowest BCUT2D eigenvalue weighted by Gasteiger charge is -2.27. The van der Waals surface area contributed by atoms with Crippen molar-refractivity contribution in [2.75, 3.05) is 6.54 Å². The van der Waals surface area contributed by atoms with Crippen LogP contribution in [0.5, 0.6) is 5.75 Å². The minimum atomic E-state index is -4.81. The topological polar surface area (TPSA) is 55.8 Å². The molecule has 1 fully saturated rings. The average molecular weight is 385 g/mol. The first kappa shape index (κ1) is 20.8. The van der Waals surface area contributed by atoms with Crippen LogP contribution in [0.15, 0.2) is 36.4 Å². The first-order chi connectivity index (χ1) is 12.3. The third-order valence-corrected chi connectivity index (χ3v) is 3.76. The molecule has 0 saturated carbocycles. The van der Waals surface area contributed by atoms with Gasteiger partial charge in [-0.1, -0.05) is 24.3 Å². The van der Waals surface area contributed by atoms with E-state index in [2.05, 4.69) is 11.3 Å². The lowest BCUT2D eigenvalue weighted by molar-refractivity contribution is -0.274. The summed E-state index contributed by atoms with van der Waals surface area (Å²) in [5.74, 6) is -0.698. The largest absolute Gasteiger partial charge is 0.573 e. The molecule has 0 spiro atoms. The van der Waals surface area contributed by atoms with Crippen LogP contribution in [0.4, 0.5) is 18.0 Å². The molecule has 0 unspecified atom stereocenters. The van der Waals surface area contributed by atoms with Crippen LogP contribution in [0.2, 0.25) is 0 Å². The molecule has 1 atom stereocenters. The van der Waals surface area contributed by atoms with Crippen molar-refractivity contribution in [3.8, 4) is 5.75 Å². The zero-order valence-electron chi connectivity index (χ0n) is 15.4. The van der Waals surface area contributed by atoms with Crippen molar-refractivity contribution in [2.45, 2.75) is 51.6 Å². The number of ether oxygens (including phenoxy) is 2. The Balaban J connectivity index is 2.10. The lowest BCUT2D eigenvalue weighted by Crippen LogP contribution is -2.43. The zero-order chi connectivity index (χ0) is 20.4. The summed E-state index contributed by atoms with van der Waals surface area (Å²) in [6, 6.07) is 4.48. The standard InChI is InChI=1S/C19H22F3NO4/c1-12-8-15(23(11-12)17(25)27-18(2,3)4)16(24)10-13-6-5-7-14(9-13)26-19(20,21)22/h5-7,9,15H,1,8,10-11H2,2-4H3/t15-/m0/s1. The fraction of sp³-hybridized carbons (Fsp3) is 0.474. The summed E-state index contributed by atoms with van der Waals surface area (Å²) in [6.07, 6.45) is -5.25.